The molecule has 96 valence electrons. The van der Waals surface area contributed by atoms with Crippen LogP contribution in [0.2, 0.25) is 0 Å². The van der Waals surface area contributed by atoms with Gasteiger partial charge in [-0.05, 0) is 31.6 Å². The summed E-state index contributed by atoms with van der Waals surface area (Å²) in [6.07, 6.45) is 2.76. The van der Waals surface area contributed by atoms with E-state index in [1.165, 1.54) is 0 Å². The fraction of sp³-hybridized carbons (Fsp3) is 0.833. The predicted molar refractivity (Wildman–Crippen MR) is 60.5 cm³/mol. The van der Waals surface area contributed by atoms with E-state index < -0.39 is 12.1 Å². The average Bonchev–Trinajstić information content (AvgIpc) is 2.78. The van der Waals surface area contributed by atoms with Crippen LogP contribution in [0.1, 0.15) is 32.6 Å². The number of carbonyl (C=O) groups excluding carboxylic acids is 1. The van der Waals surface area contributed by atoms with E-state index in [0.29, 0.717) is 12.3 Å². The maximum absolute atomic E-state index is 11.2. The van der Waals surface area contributed by atoms with Gasteiger partial charge in [0.2, 0.25) is 5.91 Å². The average molecular weight is 241 g/mol. The Kier molecular flexibility index (Phi) is 3.66. The standard InChI is InChI=1S/C12H19NO4/c1-8(14)13-6-4-9(5-7-13)10-2-3-11(17-10)12(15)16/h9-11H,2-7H2,1H3,(H,15,16). The molecule has 2 fully saturated rings. The third-order valence-corrected chi connectivity index (χ3v) is 3.84. The van der Waals surface area contributed by atoms with Crippen LogP contribution in [-0.2, 0) is 14.3 Å². The van der Waals surface area contributed by atoms with Crippen LogP contribution in [0.25, 0.3) is 0 Å². The first kappa shape index (κ1) is 12.4. The lowest BCUT2D eigenvalue weighted by atomic mass is 9.90. The smallest absolute Gasteiger partial charge is 0.332 e. The molecule has 0 radical (unpaired) electrons. The molecule has 2 aliphatic heterocycles. The molecule has 5 heteroatoms. The van der Waals surface area contributed by atoms with E-state index in [0.717, 1.165) is 32.4 Å². The van der Waals surface area contributed by atoms with Gasteiger partial charge in [0.05, 0.1) is 6.10 Å². The SMILES string of the molecule is CC(=O)N1CCC(C2CCC(C(=O)O)O2)CC1. The summed E-state index contributed by atoms with van der Waals surface area (Å²) in [6.45, 7) is 3.14. The van der Waals surface area contributed by atoms with E-state index in [4.69, 9.17) is 9.84 Å². The lowest BCUT2D eigenvalue weighted by Crippen LogP contribution is -2.40. The molecule has 2 heterocycles. The van der Waals surface area contributed by atoms with Crippen LogP contribution in [0.4, 0.5) is 0 Å². The van der Waals surface area contributed by atoms with Gasteiger partial charge in [0.25, 0.3) is 0 Å². The molecule has 0 aliphatic carbocycles. The highest BCUT2D eigenvalue weighted by Crippen LogP contribution is 2.31. The first-order valence-electron chi connectivity index (χ1n) is 6.21. The summed E-state index contributed by atoms with van der Waals surface area (Å²) < 4.78 is 5.56. The minimum atomic E-state index is -0.853. The lowest BCUT2D eigenvalue weighted by molar-refractivity contribution is -0.151. The highest BCUT2D eigenvalue weighted by atomic mass is 16.5. The maximum atomic E-state index is 11.2. The van der Waals surface area contributed by atoms with Gasteiger partial charge in [0, 0.05) is 20.0 Å². The topological polar surface area (TPSA) is 66.8 Å². The number of likely N-dealkylation sites (tertiary alicyclic amines) is 1. The third kappa shape index (κ3) is 2.77. The molecular formula is C12H19NO4. The molecule has 1 amide bonds. The number of ether oxygens (including phenoxy) is 1. The molecule has 0 bridgehead atoms. The Balaban J connectivity index is 1.82. The van der Waals surface area contributed by atoms with Crippen molar-refractivity contribution in [3.63, 3.8) is 0 Å². The van der Waals surface area contributed by atoms with Gasteiger partial charge in [0.1, 0.15) is 0 Å². The molecule has 0 aromatic rings. The number of amides is 1. The Labute approximate surface area is 101 Å². The zero-order valence-electron chi connectivity index (χ0n) is 10.1. The summed E-state index contributed by atoms with van der Waals surface area (Å²) in [4.78, 5) is 23.8. The number of hydrogen-bond donors (Lipinski definition) is 1. The van der Waals surface area contributed by atoms with Gasteiger partial charge in [-0.3, -0.25) is 4.79 Å². The van der Waals surface area contributed by atoms with Crippen LogP contribution in [0, 0.1) is 5.92 Å². The molecule has 2 aliphatic rings. The van der Waals surface area contributed by atoms with Crippen molar-refractivity contribution < 1.29 is 19.4 Å². The van der Waals surface area contributed by atoms with Crippen molar-refractivity contribution in [1.29, 1.82) is 0 Å². The minimum absolute atomic E-state index is 0.0743. The number of rotatable bonds is 2. The van der Waals surface area contributed by atoms with Crippen LogP contribution < -0.4 is 0 Å². The van der Waals surface area contributed by atoms with Crippen molar-refractivity contribution in [2.24, 2.45) is 5.92 Å². The van der Waals surface area contributed by atoms with Crippen molar-refractivity contribution >= 4 is 11.9 Å². The first-order valence-corrected chi connectivity index (χ1v) is 6.21. The van der Waals surface area contributed by atoms with E-state index in [1.54, 1.807) is 6.92 Å². The van der Waals surface area contributed by atoms with Crippen LogP contribution in [0.5, 0.6) is 0 Å². The number of carboxylic acids is 1. The fourth-order valence-corrected chi connectivity index (χ4v) is 2.78. The minimum Gasteiger partial charge on any atom is -0.479 e. The van der Waals surface area contributed by atoms with Gasteiger partial charge in [0.15, 0.2) is 6.10 Å². The summed E-state index contributed by atoms with van der Waals surface area (Å²) in [5, 5.41) is 8.87. The largest absolute Gasteiger partial charge is 0.479 e. The van der Waals surface area contributed by atoms with Gasteiger partial charge in [-0.1, -0.05) is 0 Å². The second-order valence-corrected chi connectivity index (χ2v) is 4.92. The summed E-state index contributed by atoms with van der Waals surface area (Å²) in [5.41, 5.74) is 0. The van der Waals surface area contributed by atoms with Crippen LogP contribution in [0.15, 0.2) is 0 Å². The van der Waals surface area contributed by atoms with Crippen molar-refractivity contribution in [2.45, 2.75) is 44.8 Å². The van der Waals surface area contributed by atoms with Crippen LogP contribution >= 0.6 is 0 Å². The predicted octanol–water partition coefficient (Wildman–Crippen LogP) is 0.877. The molecule has 2 unspecified atom stereocenters. The summed E-state index contributed by atoms with van der Waals surface area (Å²) in [6, 6.07) is 0. The second kappa shape index (κ2) is 5.04. The molecule has 0 saturated carbocycles. The molecule has 0 spiro atoms. The lowest BCUT2D eigenvalue weighted by Gasteiger charge is -2.34. The van der Waals surface area contributed by atoms with Gasteiger partial charge >= 0.3 is 5.97 Å². The van der Waals surface area contributed by atoms with E-state index in [1.807, 2.05) is 4.90 Å². The summed E-state index contributed by atoms with van der Waals surface area (Å²) in [7, 11) is 0. The molecule has 5 nitrogen and oxygen atoms in total. The molecule has 2 rings (SSSR count). The monoisotopic (exact) mass is 241 g/mol. The fourth-order valence-electron chi connectivity index (χ4n) is 2.78. The second-order valence-electron chi connectivity index (χ2n) is 4.92. The number of piperidine rings is 1. The number of nitrogens with zero attached hydrogens (tertiary/aromatic N) is 1. The highest BCUT2D eigenvalue weighted by Gasteiger charge is 2.36. The van der Waals surface area contributed by atoms with Crippen molar-refractivity contribution in [2.75, 3.05) is 13.1 Å². The summed E-state index contributed by atoms with van der Waals surface area (Å²) >= 11 is 0. The number of carboxylic acid groups (broad SMARTS) is 1. The molecule has 2 atom stereocenters. The molecule has 2 saturated heterocycles. The van der Waals surface area contributed by atoms with Gasteiger partial charge in [-0.25, -0.2) is 4.79 Å². The number of carbonyl (C=O) groups is 2. The Hall–Kier alpha value is -1.10. The van der Waals surface area contributed by atoms with Crippen LogP contribution in [-0.4, -0.2) is 47.2 Å². The van der Waals surface area contributed by atoms with Crippen molar-refractivity contribution in [3.8, 4) is 0 Å². The molecular weight excluding hydrogens is 222 g/mol. The van der Waals surface area contributed by atoms with Gasteiger partial charge < -0.3 is 14.7 Å². The van der Waals surface area contributed by atoms with Gasteiger partial charge in [-0.15, -0.1) is 0 Å². The molecule has 1 N–H and O–H groups in total. The Bertz CT molecular complexity index is 310. The zero-order chi connectivity index (χ0) is 12.4. The third-order valence-electron chi connectivity index (χ3n) is 3.84. The Morgan fingerprint density at radius 2 is 1.82 bits per heavy atom. The van der Waals surface area contributed by atoms with Gasteiger partial charge in [-0.2, -0.15) is 0 Å². The highest BCUT2D eigenvalue weighted by molar-refractivity contribution is 5.73. The van der Waals surface area contributed by atoms with Crippen LogP contribution in [0.3, 0.4) is 0 Å². The van der Waals surface area contributed by atoms with Crippen molar-refractivity contribution in [3.05, 3.63) is 0 Å². The molecule has 17 heavy (non-hydrogen) atoms. The number of hydrogen-bond acceptors (Lipinski definition) is 3. The number of aliphatic carboxylic acids is 1. The normalized spacial score (nSPS) is 30.5. The Morgan fingerprint density at radius 1 is 1.18 bits per heavy atom. The molecule has 0 aromatic carbocycles. The van der Waals surface area contributed by atoms with E-state index in [9.17, 15) is 9.59 Å². The van der Waals surface area contributed by atoms with E-state index >= 15 is 0 Å². The quantitative estimate of drug-likeness (QED) is 0.779. The Morgan fingerprint density at radius 3 is 2.29 bits per heavy atom. The van der Waals surface area contributed by atoms with E-state index in [-0.39, 0.29) is 12.0 Å². The summed E-state index contributed by atoms with van der Waals surface area (Å²) in [5.74, 6) is -0.317. The van der Waals surface area contributed by atoms with Crippen molar-refractivity contribution in [1.82, 2.24) is 4.90 Å². The maximum Gasteiger partial charge on any atom is 0.332 e. The first-order chi connectivity index (χ1) is 8.08. The molecule has 0 aromatic heterocycles. The zero-order valence-corrected chi connectivity index (χ0v) is 10.1. The van der Waals surface area contributed by atoms with E-state index in [2.05, 4.69) is 0 Å².